The van der Waals surface area contributed by atoms with Crippen LogP contribution in [-0.4, -0.2) is 43.7 Å². The van der Waals surface area contributed by atoms with Crippen LogP contribution in [0, 0.1) is 0 Å². The van der Waals surface area contributed by atoms with E-state index in [1.807, 2.05) is 0 Å². The van der Waals surface area contributed by atoms with Gasteiger partial charge in [0.05, 0.1) is 12.8 Å². The van der Waals surface area contributed by atoms with Crippen molar-refractivity contribution in [2.75, 3.05) is 12.8 Å². The summed E-state index contributed by atoms with van der Waals surface area (Å²) in [4.78, 5) is 16.6. The van der Waals surface area contributed by atoms with E-state index >= 15 is 0 Å². The van der Waals surface area contributed by atoms with Gasteiger partial charge in [-0.2, -0.15) is 0 Å². The topological polar surface area (TPSA) is 118 Å². The summed E-state index contributed by atoms with van der Waals surface area (Å²) in [6.45, 7) is -0.938. The lowest BCUT2D eigenvalue weighted by atomic mass is 10.2. The first-order valence-electron chi connectivity index (χ1n) is 2.87. The van der Waals surface area contributed by atoms with Gasteiger partial charge in [0, 0.05) is 6.42 Å². The molecule has 0 atom stereocenters. The van der Waals surface area contributed by atoms with Crippen LogP contribution in [0.2, 0.25) is 0 Å². The van der Waals surface area contributed by atoms with Crippen molar-refractivity contribution in [2.45, 2.75) is 12.2 Å². The third-order valence-electron chi connectivity index (χ3n) is 1.06. The van der Waals surface area contributed by atoms with Gasteiger partial charge in [-0.05, 0) is 0 Å². The van der Waals surface area contributed by atoms with Crippen molar-refractivity contribution < 1.29 is 29.7 Å². The van der Waals surface area contributed by atoms with Crippen LogP contribution in [0.4, 0.5) is 0 Å². The zero-order valence-corrected chi connectivity index (χ0v) is 6.61. The summed E-state index contributed by atoms with van der Waals surface area (Å²) >= 11 is 0. The number of hydrogen-bond donors (Lipinski definition) is 5. The van der Waals surface area contributed by atoms with Crippen LogP contribution < -0.4 is 0 Å². The van der Waals surface area contributed by atoms with Crippen LogP contribution in [0.25, 0.3) is 0 Å². The van der Waals surface area contributed by atoms with Crippen molar-refractivity contribution in [2.24, 2.45) is 0 Å². The highest BCUT2D eigenvalue weighted by Crippen LogP contribution is 2.36. The van der Waals surface area contributed by atoms with Crippen molar-refractivity contribution in [3.63, 3.8) is 0 Å². The van der Waals surface area contributed by atoms with Gasteiger partial charge < -0.3 is 25.1 Å². The fourth-order valence-electron chi connectivity index (χ4n) is 0.404. The fraction of sp³-hybridized carbons (Fsp3) is 1.00. The van der Waals surface area contributed by atoms with Crippen LogP contribution in [0.15, 0.2) is 0 Å². The van der Waals surface area contributed by atoms with Crippen molar-refractivity contribution in [3.8, 4) is 0 Å². The van der Waals surface area contributed by atoms with Crippen LogP contribution in [-0.2, 0) is 4.57 Å². The van der Waals surface area contributed by atoms with Gasteiger partial charge in [0.25, 0.3) is 0 Å². The molecule has 0 aromatic rings. The van der Waals surface area contributed by atoms with Gasteiger partial charge in [-0.15, -0.1) is 0 Å². The Morgan fingerprint density at radius 1 is 1.27 bits per heavy atom. The lowest BCUT2D eigenvalue weighted by Gasteiger charge is -2.18. The Kier molecular flexibility index (Phi) is 3.63. The molecule has 0 unspecified atom stereocenters. The van der Waals surface area contributed by atoms with E-state index in [-0.39, 0.29) is 0 Å². The zero-order valence-electron chi connectivity index (χ0n) is 5.71. The van der Waals surface area contributed by atoms with Gasteiger partial charge in [-0.25, -0.2) is 0 Å². The molecular weight excluding hydrogens is 175 g/mol. The Bertz CT molecular complexity index is 160. The normalized spacial score (nSPS) is 13.5. The molecule has 0 saturated heterocycles. The molecule has 0 bridgehead atoms. The molecule has 0 saturated carbocycles. The van der Waals surface area contributed by atoms with E-state index in [4.69, 9.17) is 25.1 Å². The van der Waals surface area contributed by atoms with E-state index in [0.29, 0.717) is 0 Å². The molecule has 0 amide bonds. The summed E-state index contributed by atoms with van der Waals surface area (Å²) < 4.78 is 10.2. The number of rotatable bonds is 4. The van der Waals surface area contributed by atoms with E-state index in [1.54, 1.807) is 0 Å². The quantitative estimate of drug-likeness (QED) is 0.262. The summed E-state index contributed by atoms with van der Waals surface area (Å²) in [5, 5.41) is 25.5. The highest BCUT2D eigenvalue weighted by Gasteiger charge is 2.26. The first-order valence-corrected chi connectivity index (χ1v) is 4.67. The third kappa shape index (κ3) is 6.43. The van der Waals surface area contributed by atoms with E-state index in [1.165, 1.54) is 0 Å². The Morgan fingerprint density at radius 3 is 2.00 bits per heavy atom. The van der Waals surface area contributed by atoms with Crippen LogP contribution in [0.1, 0.15) is 6.42 Å². The lowest BCUT2D eigenvalue weighted by molar-refractivity contribution is -0.187. The Hall–Kier alpha value is 0.0300. The molecular formula is C4H11O6P. The highest BCUT2D eigenvalue weighted by molar-refractivity contribution is 7.51. The van der Waals surface area contributed by atoms with Gasteiger partial charge in [0.2, 0.25) is 0 Å². The first kappa shape index (κ1) is 11.0. The Morgan fingerprint density at radius 2 is 1.73 bits per heavy atom. The molecule has 0 aliphatic rings. The smallest absolute Gasteiger partial charge is 0.325 e. The molecule has 11 heavy (non-hydrogen) atoms. The summed E-state index contributed by atoms with van der Waals surface area (Å²) in [5.74, 6) is -2.39. The average Bonchev–Trinajstić information content (AvgIpc) is 1.83. The molecule has 68 valence electrons. The molecule has 0 radical (unpaired) electrons. The van der Waals surface area contributed by atoms with E-state index < -0.39 is 32.6 Å². The van der Waals surface area contributed by atoms with E-state index in [2.05, 4.69) is 0 Å². The average molecular weight is 186 g/mol. The predicted molar refractivity (Wildman–Crippen MR) is 35.8 cm³/mol. The zero-order chi connectivity index (χ0) is 9.12. The minimum absolute atomic E-state index is 0.548. The predicted octanol–water partition coefficient (Wildman–Crippen LogP) is -1.77. The summed E-state index contributed by atoms with van der Waals surface area (Å²) in [5.41, 5.74) is 0. The molecule has 5 N–H and O–H groups in total. The molecule has 7 heteroatoms. The number of aliphatic hydroxyl groups is 3. The summed E-state index contributed by atoms with van der Waals surface area (Å²) in [6, 6.07) is 0. The molecule has 0 spiro atoms. The second-order valence-electron chi connectivity index (χ2n) is 2.28. The Balaban J connectivity index is 3.80. The molecule has 0 aliphatic carbocycles. The summed E-state index contributed by atoms with van der Waals surface area (Å²) in [6.07, 6.45) is -1.20. The van der Waals surface area contributed by atoms with E-state index in [9.17, 15) is 4.57 Å². The molecule has 0 heterocycles. The van der Waals surface area contributed by atoms with Gasteiger partial charge in [0.1, 0.15) is 0 Å². The SMILES string of the molecule is O=P(O)(O)CCC(O)(O)CO. The van der Waals surface area contributed by atoms with Crippen LogP contribution in [0.3, 0.4) is 0 Å². The first-order chi connectivity index (χ1) is 4.77. The highest BCUT2D eigenvalue weighted by atomic mass is 31.2. The number of hydrogen-bond acceptors (Lipinski definition) is 4. The van der Waals surface area contributed by atoms with Crippen molar-refractivity contribution in [1.29, 1.82) is 0 Å². The minimum Gasteiger partial charge on any atom is -0.391 e. The molecule has 0 fully saturated rings. The van der Waals surface area contributed by atoms with Gasteiger partial charge in [-0.3, -0.25) is 4.57 Å². The molecule has 0 aliphatic heterocycles. The maximum absolute atomic E-state index is 10.2. The minimum atomic E-state index is -4.21. The molecule has 6 nitrogen and oxygen atoms in total. The standard InChI is InChI=1S/C4H11O6P/c5-3-4(6,7)1-2-11(8,9)10/h5-7H,1-3H2,(H2,8,9,10). The molecule has 0 rings (SSSR count). The third-order valence-corrected chi connectivity index (χ3v) is 1.86. The van der Waals surface area contributed by atoms with Gasteiger partial charge in [0.15, 0.2) is 5.79 Å². The molecule has 0 aromatic carbocycles. The summed E-state index contributed by atoms with van der Waals surface area (Å²) in [7, 11) is -4.21. The van der Waals surface area contributed by atoms with Crippen molar-refractivity contribution in [1.82, 2.24) is 0 Å². The van der Waals surface area contributed by atoms with Gasteiger partial charge in [-0.1, -0.05) is 0 Å². The fourth-order valence-corrected chi connectivity index (χ4v) is 1.05. The van der Waals surface area contributed by atoms with E-state index in [0.717, 1.165) is 0 Å². The monoisotopic (exact) mass is 186 g/mol. The van der Waals surface area contributed by atoms with Crippen LogP contribution in [0.5, 0.6) is 0 Å². The molecule has 0 aromatic heterocycles. The van der Waals surface area contributed by atoms with Crippen molar-refractivity contribution >= 4 is 7.60 Å². The van der Waals surface area contributed by atoms with Crippen LogP contribution >= 0.6 is 7.60 Å². The van der Waals surface area contributed by atoms with Crippen molar-refractivity contribution in [3.05, 3.63) is 0 Å². The lowest BCUT2D eigenvalue weighted by Crippen LogP contribution is -2.33. The maximum atomic E-state index is 10.2. The second kappa shape index (κ2) is 3.62. The maximum Gasteiger partial charge on any atom is 0.325 e. The second-order valence-corrected chi connectivity index (χ2v) is 4.06. The largest absolute Gasteiger partial charge is 0.391 e. The van der Waals surface area contributed by atoms with Gasteiger partial charge >= 0.3 is 7.60 Å². The number of aliphatic hydroxyl groups excluding tert-OH is 1. The Labute approximate surface area is 63.3 Å².